The Balaban J connectivity index is 0.000000145. The summed E-state index contributed by atoms with van der Waals surface area (Å²) in [5.74, 6) is 6.25. The number of hydrogen-bond acceptors (Lipinski definition) is 13. The number of carbonyl (C=O) groups excluding carboxylic acids is 4. The first-order valence-electron chi connectivity index (χ1n) is 42.9. The number of hydrogen-bond donors (Lipinski definition) is 4. The predicted octanol–water partition coefficient (Wildman–Crippen LogP) is 20.2. The molecule has 127 heavy (non-hydrogen) atoms. The van der Waals surface area contributed by atoms with Crippen LogP contribution in [-0.4, -0.2) is 177 Å². The Morgan fingerprint density at radius 1 is 0.386 bits per heavy atom. The van der Waals surface area contributed by atoms with E-state index in [1.54, 1.807) is 25.2 Å². The molecular weight excluding hydrogens is 1610 g/mol. The highest BCUT2D eigenvalue weighted by molar-refractivity contribution is 6.01. The van der Waals surface area contributed by atoms with E-state index in [4.69, 9.17) is 25.4 Å². The minimum atomic E-state index is -4.83. The quantitative estimate of drug-likeness (QED) is 0.0387. The Labute approximate surface area is 742 Å². The molecule has 17 rings (SSSR count). The number of H-pyrrole nitrogens is 4. The van der Waals surface area contributed by atoms with E-state index in [1.165, 1.54) is 58.7 Å². The molecule has 4 saturated heterocycles. The fraction of sp³-hybridized carbons (Fsp3) is 0.359. The Morgan fingerprint density at radius 3 is 0.937 bits per heavy atom. The van der Waals surface area contributed by atoms with Gasteiger partial charge in [0, 0.05) is 155 Å². The van der Waals surface area contributed by atoms with Crippen LogP contribution in [0.15, 0.2) is 146 Å². The molecule has 662 valence electrons. The first-order valence-corrected chi connectivity index (χ1v) is 42.9. The Bertz CT molecular complexity index is 6050. The van der Waals surface area contributed by atoms with E-state index >= 15 is 0 Å². The van der Waals surface area contributed by atoms with E-state index in [9.17, 15) is 32.3 Å². The van der Waals surface area contributed by atoms with Gasteiger partial charge in [0.25, 0.3) is 23.6 Å². The number of terminal acetylenes is 1. The summed E-state index contributed by atoms with van der Waals surface area (Å²) >= 11 is 0. The van der Waals surface area contributed by atoms with E-state index in [2.05, 4.69) is 182 Å². The van der Waals surface area contributed by atoms with Crippen molar-refractivity contribution in [3.63, 3.8) is 0 Å². The highest BCUT2D eigenvalue weighted by atomic mass is 19.4. The zero-order valence-corrected chi connectivity index (χ0v) is 74.9. The number of rotatable bonds is 21. The molecule has 0 atom stereocenters. The maximum atomic E-state index is 13.3. The van der Waals surface area contributed by atoms with Crippen LogP contribution in [0.3, 0.4) is 0 Å². The number of aryl methyl sites for hydroxylation is 11. The van der Waals surface area contributed by atoms with Crippen LogP contribution >= 0.6 is 0 Å². The number of nitrogens with one attached hydrogen (secondary N) is 4. The molecule has 4 aromatic heterocycles. The molecule has 0 radical (unpaired) electrons. The van der Waals surface area contributed by atoms with Gasteiger partial charge in [-0.2, -0.15) is 0 Å². The Kier molecular flexibility index (Phi) is 28.0. The second-order valence-electron chi connectivity index (χ2n) is 34.5. The van der Waals surface area contributed by atoms with Crippen molar-refractivity contribution in [2.45, 2.75) is 154 Å². The van der Waals surface area contributed by atoms with Crippen molar-refractivity contribution in [2.24, 2.45) is 5.92 Å². The third-order valence-electron chi connectivity index (χ3n) is 25.1. The smallest absolute Gasteiger partial charge is 0.480 e. The van der Waals surface area contributed by atoms with Crippen molar-refractivity contribution in [1.29, 1.82) is 0 Å². The van der Waals surface area contributed by atoms with Crippen molar-refractivity contribution in [3.05, 3.63) is 279 Å². The second-order valence-corrected chi connectivity index (χ2v) is 34.5. The van der Waals surface area contributed by atoms with Crippen LogP contribution in [0.4, 0.5) is 13.2 Å². The van der Waals surface area contributed by atoms with Crippen LogP contribution in [0.25, 0.3) is 45.0 Å². The number of likely N-dealkylation sites (tertiary alicyclic amines) is 4. The summed E-state index contributed by atoms with van der Waals surface area (Å²) < 4.78 is 63.8. The Morgan fingerprint density at radius 2 is 0.661 bits per heavy atom. The highest BCUT2D eigenvalue weighted by Crippen LogP contribution is 2.42. The molecule has 24 heteroatoms. The number of halogens is 3. The number of carbonyl (C=O) groups is 4. The van der Waals surface area contributed by atoms with E-state index in [0.717, 1.165) is 150 Å². The van der Waals surface area contributed by atoms with Gasteiger partial charge in [0.15, 0.2) is 0 Å². The zero-order valence-electron chi connectivity index (χ0n) is 74.9. The van der Waals surface area contributed by atoms with Gasteiger partial charge in [-0.3, -0.25) is 39.6 Å². The average Bonchev–Trinajstić information content (AvgIpc) is 1.77. The van der Waals surface area contributed by atoms with Crippen molar-refractivity contribution < 1.29 is 56.0 Å². The lowest BCUT2D eigenvalue weighted by molar-refractivity contribution is -0.276. The fourth-order valence-corrected chi connectivity index (χ4v) is 16.8. The minimum Gasteiger partial charge on any atom is -0.480 e. The van der Waals surface area contributed by atoms with Gasteiger partial charge >= 0.3 is 6.36 Å². The lowest BCUT2D eigenvalue weighted by Gasteiger charge is -2.40. The van der Waals surface area contributed by atoms with Gasteiger partial charge in [0.2, 0.25) is 23.5 Å². The second kappa shape index (κ2) is 38.8. The molecule has 5 fully saturated rings. The summed E-state index contributed by atoms with van der Waals surface area (Å²) in [5.41, 5.74) is 30.1. The molecular formula is C103H115F3N12O9. The molecule has 21 nitrogen and oxygen atoms in total. The molecule has 4 amide bonds. The highest BCUT2D eigenvalue weighted by Gasteiger charge is 2.39. The monoisotopic (exact) mass is 1720 g/mol. The minimum absolute atomic E-state index is 0. The zero-order chi connectivity index (χ0) is 89.9. The van der Waals surface area contributed by atoms with E-state index in [1.807, 2.05) is 120 Å². The first kappa shape index (κ1) is 91.7. The number of benzene rings is 8. The Hall–Kier alpha value is -13.0. The van der Waals surface area contributed by atoms with Crippen molar-refractivity contribution in [3.8, 4) is 80.9 Å². The number of nitrogens with zero attached hydrogens (tertiary/aromatic N) is 8. The van der Waals surface area contributed by atoms with Crippen molar-refractivity contribution in [1.82, 2.24) is 60.4 Å². The molecule has 0 unspecified atom stereocenters. The number of aromatic nitrogens is 8. The van der Waals surface area contributed by atoms with Crippen LogP contribution in [0.1, 0.15) is 197 Å². The number of ether oxygens (including phenoxy) is 5. The summed E-state index contributed by atoms with van der Waals surface area (Å²) in [6.45, 7) is 37.0. The molecule has 8 heterocycles. The summed E-state index contributed by atoms with van der Waals surface area (Å²) in [6.07, 6.45) is 3.10. The van der Waals surface area contributed by atoms with Crippen LogP contribution in [0.2, 0.25) is 0 Å². The summed E-state index contributed by atoms with van der Waals surface area (Å²) in [5, 5.41) is 28.5. The predicted molar refractivity (Wildman–Crippen MR) is 491 cm³/mol. The molecule has 12 aromatic rings. The lowest BCUT2D eigenvalue weighted by atomic mass is 9.89. The third kappa shape index (κ3) is 20.4. The molecule has 8 aromatic carbocycles. The fourth-order valence-electron chi connectivity index (χ4n) is 16.8. The average molecular weight is 1720 g/mol. The molecule has 1 aliphatic carbocycles. The van der Waals surface area contributed by atoms with Gasteiger partial charge in [-0.15, -0.1) is 40.0 Å². The summed E-state index contributed by atoms with van der Waals surface area (Å²) in [7, 11) is 3.24. The standard InChI is InChI=1S/C27H31N3O2.C26H31N3O3.C25H25N3O2.C24H24F3N3O2.CH4/c1-16-5-9-21(10-6-16)22-13-30(14-22)27(31)24-12-23(17(2)11-18(24)3)25-19(4)26(29-28-25)32-15-20-7-8-20;1-16-6-8-20(9-7-16)21-14-29(15-21)26(30)23-13-22(17(2)12-18(23)3)24-19(4)25(28-27-24)32-11-10-31-5;1-6-18-7-9-19(10-8-18)20-13-28(14-20)25(29)22-12-21(15(2)11-16(22)3)23-17(4)24(30-5)27-26-23;1-13-5-7-17(8-6-13)18-11-30(12-18)23(31)20-10-19(14(2)9-15(20)3)21-16(4)22(29-28-21)32-24(25,26)27;/h5-6,9-12,20,22H,7-8,13-15H2,1-4H3,(H,28,29);6-9,12-13,21H,10-11,14-15H2,1-5H3,(H,27,28);1,7-12,20H,13-14H2,2-5H3,(H,26,27);5-10,18H,11-12H2,1-4H3,(H,28,29);1H4. The molecule has 4 N–H and O–H groups in total. The topological polar surface area (TPSA) is 242 Å². The van der Waals surface area contributed by atoms with Gasteiger partial charge in [0.05, 0.1) is 43.1 Å². The van der Waals surface area contributed by atoms with Crippen LogP contribution in [-0.2, 0) is 4.74 Å². The van der Waals surface area contributed by atoms with Gasteiger partial charge < -0.3 is 43.3 Å². The molecule has 4 aliphatic heterocycles. The van der Waals surface area contributed by atoms with Gasteiger partial charge in [-0.25, -0.2) is 0 Å². The number of alkyl halides is 3. The van der Waals surface area contributed by atoms with Gasteiger partial charge in [-0.1, -0.05) is 139 Å². The van der Waals surface area contributed by atoms with Crippen LogP contribution in [0, 0.1) is 122 Å². The summed E-state index contributed by atoms with van der Waals surface area (Å²) in [6, 6.07) is 49.4. The maximum Gasteiger partial charge on any atom is 0.574 e. The van der Waals surface area contributed by atoms with E-state index < -0.39 is 12.2 Å². The van der Waals surface area contributed by atoms with Crippen LogP contribution in [0.5, 0.6) is 23.5 Å². The molecule has 0 spiro atoms. The number of methoxy groups -OCH3 is 2. The molecule has 5 aliphatic rings. The number of amides is 4. The van der Waals surface area contributed by atoms with E-state index in [0.29, 0.717) is 103 Å². The van der Waals surface area contributed by atoms with Gasteiger partial charge in [-0.05, 0) is 226 Å². The molecule has 1 saturated carbocycles. The number of aromatic amines is 4. The lowest BCUT2D eigenvalue weighted by Crippen LogP contribution is -2.48. The van der Waals surface area contributed by atoms with Crippen molar-refractivity contribution >= 4 is 23.6 Å². The SMILES string of the molecule is C.C#Cc1ccc(C2CN(C(=O)c3cc(-c4[nH]nc(OC)c4C)c(C)cc3C)C2)cc1.COCCOc1n[nH]c(-c2cc(C(=O)N3CC(c4ccc(C)cc4)C3)c(C)cc2C)c1C.Cc1ccc(C2CN(C(=O)c3cc(-c4[nH]nc(OC(F)(F)F)c4C)c(C)cc3C)C2)cc1.Cc1ccc(C2CN(C(=O)c3cc(-c4[nH]nc(OCC5CC5)c4C)c(C)cc3C)C2)cc1. The first-order chi connectivity index (χ1) is 60.2. The van der Waals surface area contributed by atoms with E-state index in [-0.39, 0.29) is 36.6 Å². The van der Waals surface area contributed by atoms with Gasteiger partial charge in [0.1, 0.15) is 6.61 Å². The summed E-state index contributed by atoms with van der Waals surface area (Å²) in [4.78, 5) is 60.6. The normalized spacial score (nSPS) is 14.4. The third-order valence-corrected chi connectivity index (χ3v) is 25.1. The largest absolute Gasteiger partial charge is 0.574 e. The van der Waals surface area contributed by atoms with Crippen molar-refractivity contribution in [2.75, 3.05) is 86.4 Å². The van der Waals surface area contributed by atoms with Crippen LogP contribution < -0.4 is 18.9 Å². The maximum absolute atomic E-state index is 13.3. The molecule has 0 bridgehead atoms.